The topological polar surface area (TPSA) is 0 Å². The van der Waals surface area contributed by atoms with Crippen LogP contribution in [-0.4, -0.2) is 0 Å². The summed E-state index contributed by atoms with van der Waals surface area (Å²) in [6.07, 6.45) is 14.0. The van der Waals surface area contributed by atoms with E-state index in [4.69, 9.17) is 0 Å². The Labute approximate surface area is 91.5 Å². The Hall–Kier alpha value is 1.12. The third kappa shape index (κ3) is 9.12. The summed E-state index contributed by atoms with van der Waals surface area (Å²) in [6, 6.07) is 0. The molecule has 0 heterocycles. The minimum absolute atomic E-state index is 0. The van der Waals surface area contributed by atoms with Crippen molar-refractivity contribution in [3.63, 3.8) is 0 Å². The van der Waals surface area contributed by atoms with Crippen LogP contribution in [0.1, 0.15) is 32.1 Å². The molecular weight excluding hydrogens is 236 g/mol. The van der Waals surface area contributed by atoms with E-state index in [9.17, 15) is 0 Å². The first kappa shape index (κ1) is 10.1. The van der Waals surface area contributed by atoms with E-state index in [1.165, 1.54) is 32.1 Å². The molecular formula is C8H12Ce-2. The van der Waals surface area contributed by atoms with Gasteiger partial charge in [0.05, 0.1) is 0 Å². The summed E-state index contributed by atoms with van der Waals surface area (Å²) in [5, 5.41) is 0. The molecule has 0 bridgehead atoms. The molecule has 1 saturated carbocycles. The first-order valence-electron chi connectivity index (χ1n) is 3.37. The van der Waals surface area contributed by atoms with Gasteiger partial charge in [-0.3, -0.25) is 6.08 Å². The van der Waals surface area contributed by atoms with Crippen molar-refractivity contribution in [3.8, 4) is 0 Å². The van der Waals surface area contributed by atoms with Crippen molar-refractivity contribution in [2.24, 2.45) is 0 Å². The van der Waals surface area contributed by atoms with Gasteiger partial charge in [-0.1, -0.05) is 12.8 Å². The van der Waals surface area contributed by atoms with Crippen LogP contribution >= 0.6 is 0 Å². The van der Waals surface area contributed by atoms with E-state index in [2.05, 4.69) is 18.6 Å². The Kier molecular flexibility index (Phi) is 8.12. The third-order valence-corrected chi connectivity index (χ3v) is 1.10. The van der Waals surface area contributed by atoms with E-state index in [0.717, 1.165) is 0 Å². The quantitative estimate of drug-likeness (QED) is 0.578. The number of allylic oxidation sites excluding steroid dienone is 2. The predicted molar refractivity (Wildman–Crippen MR) is 35.2 cm³/mol. The molecule has 0 radical (unpaired) electrons. The number of hydrogen-bond acceptors (Lipinski definition) is 0. The average Bonchev–Trinajstić information content (AvgIpc) is 2.55. The normalized spacial score (nSPS) is 19.6. The summed E-state index contributed by atoms with van der Waals surface area (Å²) in [7, 11) is 0. The van der Waals surface area contributed by atoms with E-state index in [1.54, 1.807) is 0 Å². The Balaban J connectivity index is 0.000000140. The molecule has 2 rings (SSSR count). The summed E-state index contributed by atoms with van der Waals surface area (Å²) in [4.78, 5) is 0. The maximum absolute atomic E-state index is 3.10. The zero-order valence-corrected chi connectivity index (χ0v) is 8.83. The van der Waals surface area contributed by atoms with Gasteiger partial charge in [-0.2, -0.15) is 6.42 Å². The first-order chi connectivity index (χ1) is 4.00. The minimum Gasteiger partial charge on any atom is -0.501 e. The van der Waals surface area contributed by atoms with Crippen molar-refractivity contribution >= 4 is 0 Å². The molecule has 1 heteroatoms. The molecule has 2 aliphatic rings. The second-order valence-electron chi connectivity index (χ2n) is 2.17. The van der Waals surface area contributed by atoms with Gasteiger partial charge in [-0.15, -0.1) is 0 Å². The van der Waals surface area contributed by atoms with Gasteiger partial charge < -0.3 is 12.5 Å². The maximum Gasteiger partial charge on any atom is 0 e. The van der Waals surface area contributed by atoms with Crippen molar-refractivity contribution in [1.82, 2.24) is 0 Å². The molecule has 0 amide bonds. The molecule has 0 spiro atoms. The molecule has 0 unspecified atom stereocenters. The Bertz CT molecular complexity index is 65.9. The molecule has 0 aliphatic heterocycles. The fourth-order valence-electron chi connectivity index (χ4n) is 0.510. The van der Waals surface area contributed by atoms with Crippen LogP contribution in [0.2, 0.25) is 0 Å². The van der Waals surface area contributed by atoms with Crippen LogP contribution in [0.25, 0.3) is 0 Å². The van der Waals surface area contributed by atoms with Crippen LogP contribution in [-0.2, 0) is 0 Å². The fraction of sp³-hybridized carbons (Fsp3) is 0.625. The van der Waals surface area contributed by atoms with E-state index >= 15 is 0 Å². The first-order valence-corrected chi connectivity index (χ1v) is 3.37. The molecule has 0 nitrogen and oxygen atoms in total. The van der Waals surface area contributed by atoms with Crippen LogP contribution in [0.4, 0.5) is 0 Å². The van der Waals surface area contributed by atoms with Crippen molar-refractivity contribution in [3.05, 3.63) is 18.6 Å². The van der Waals surface area contributed by atoms with Crippen LogP contribution in [0.3, 0.4) is 0 Å². The Morgan fingerprint density at radius 1 is 1.33 bits per heavy atom. The van der Waals surface area contributed by atoms with Crippen molar-refractivity contribution in [1.29, 1.82) is 0 Å². The van der Waals surface area contributed by atoms with Crippen molar-refractivity contribution in [2.75, 3.05) is 0 Å². The van der Waals surface area contributed by atoms with Crippen LogP contribution < -0.4 is 0 Å². The molecule has 0 aromatic carbocycles. The zero-order chi connectivity index (χ0) is 5.66. The van der Waals surface area contributed by atoms with Gasteiger partial charge in [0.2, 0.25) is 0 Å². The van der Waals surface area contributed by atoms with Gasteiger partial charge in [-0.25, -0.2) is 12.8 Å². The van der Waals surface area contributed by atoms with Gasteiger partial charge in [0, 0.05) is 41.7 Å². The second kappa shape index (κ2) is 7.23. The Morgan fingerprint density at radius 2 is 2.00 bits per heavy atom. The zero-order valence-electron chi connectivity index (χ0n) is 5.69. The smallest absolute Gasteiger partial charge is 0 e. The van der Waals surface area contributed by atoms with E-state index in [1.807, 2.05) is 0 Å². The molecule has 0 atom stereocenters. The molecule has 0 aromatic rings. The summed E-state index contributed by atoms with van der Waals surface area (Å²) in [5.74, 6) is 0. The van der Waals surface area contributed by atoms with Crippen LogP contribution in [0.5, 0.6) is 0 Å². The molecule has 50 valence electrons. The minimum atomic E-state index is 0. The predicted octanol–water partition coefficient (Wildman–Crippen LogP) is 2.51. The summed E-state index contributed by atoms with van der Waals surface area (Å²) >= 11 is 0. The second-order valence-corrected chi connectivity index (χ2v) is 2.17. The standard InChI is InChI=1S/C5H7.C3H5.Ce/c1-2-4-5-3-1;1-2-3-1;/h1H,2,4-5H2;1H,2-3H2;/q2*-1;. The van der Waals surface area contributed by atoms with Gasteiger partial charge in [0.25, 0.3) is 0 Å². The van der Waals surface area contributed by atoms with Crippen molar-refractivity contribution < 1.29 is 41.7 Å². The van der Waals surface area contributed by atoms with Gasteiger partial charge in [-0.05, 0) is 0 Å². The summed E-state index contributed by atoms with van der Waals surface area (Å²) in [5.41, 5.74) is 0. The molecule has 2 aliphatic carbocycles. The van der Waals surface area contributed by atoms with Crippen LogP contribution in [0, 0.1) is 54.2 Å². The van der Waals surface area contributed by atoms with E-state index in [0.29, 0.717) is 0 Å². The van der Waals surface area contributed by atoms with Crippen LogP contribution in [0.15, 0.2) is 6.08 Å². The molecule has 0 N–H and O–H groups in total. The summed E-state index contributed by atoms with van der Waals surface area (Å²) < 4.78 is 0. The van der Waals surface area contributed by atoms with Gasteiger partial charge in [0.15, 0.2) is 0 Å². The SMILES string of the molecule is [C-]1=CCCC1.[CH-]1CC1.[Ce]. The van der Waals surface area contributed by atoms with Gasteiger partial charge in [0.1, 0.15) is 0 Å². The Morgan fingerprint density at radius 3 is 2.11 bits per heavy atom. The monoisotopic (exact) mass is 248 g/mol. The molecule has 9 heavy (non-hydrogen) atoms. The number of hydrogen-bond donors (Lipinski definition) is 0. The number of rotatable bonds is 0. The molecule has 0 aromatic heterocycles. The third-order valence-electron chi connectivity index (χ3n) is 1.10. The largest absolute Gasteiger partial charge is 0.501 e. The van der Waals surface area contributed by atoms with Crippen molar-refractivity contribution in [2.45, 2.75) is 32.1 Å². The van der Waals surface area contributed by atoms with Gasteiger partial charge >= 0.3 is 0 Å². The fourth-order valence-corrected chi connectivity index (χ4v) is 0.510. The van der Waals surface area contributed by atoms with E-state index in [-0.39, 0.29) is 41.7 Å². The summed E-state index contributed by atoms with van der Waals surface area (Å²) in [6.45, 7) is 0. The maximum atomic E-state index is 3.10. The van der Waals surface area contributed by atoms with E-state index < -0.39 is 0 Å². The molecule has 0 saturated heterocycles. The molecule has 1 fully saturated rings. The average molecular weight is 248 g/mol.